The van der Waals surface area contributed by atoms with Crippen LogP contribution in [-0.2, 0) is 4.74 Å². The lowest BCUT2D eigenvalue weighted by atomic mass is 9.90. The van der Waals surface area contributed by atoms with E-state index in [0.717, 1.165) is 18.7 Å². The van der Waals surface area contributed by atoms with Crippen LogP contribution in [0.4, 0.5) is 4.79 Å². The number of rotatable bonds is 10. The summed E-state index contributed by atoms with van der Waals surface area (Å²) >= 11 is 0. The van der Waals surface area contributed by atoms with E-state index in [0.29, 0.717) is 25.6 Å². The third-order valence-electron chi connectivity index (χ3n) is 4.77. The van der Waals surface area contributed by atoms with Crippen molar-refractivity contribution in [2.75, 3.05) is 26.2 Å². The molecular weight excluding hydrogens is 376 g/mol. The maximum Gasteiger partial charge on any atom is 0.407 e. The highest BCUT2D eigenvalue weighted by Gasteiger charge is 2.15. The van der Waals surface area contributed by atoms with Crippen LogP contribution in [0.25, 0.3) is 0 Å². The van der Waals surface area contributed by atoms with Crippen molar-refractivity contribution in [2.45, 2.75) is 52.6 Å². The first-order chi connectivity index (χ1) is 14.3. The Labute approximate surface area is 181 Å². The number of carbonyl (C=O) groups excluding carboxylic acids is 1. The highest BCUT2D eigenvalue weighted by Crippen LogP contribution is 2.27. The first-order valence-electron chi connectivity index (χ1n) is 10.7. The predicted molar refractivity (Wildman–Crippen MR) is 122 cm³/mol. The largest absolute Gasteiger partial charge is 0.494 e. The quantitative estimate of drug-likeness (QED) is 0.537. The van der Waals surface area contributed by atoms with E-state index in [2.05, 4.69) is 60.9 Å². The summed E-state index contributed by atoms with van der Waals surface area (Å²) in [6.45, 7) is 12.7. The monoisotopic (exact) mass is 412 g/mol. The van der Waals surface area contributed by atoms with Crippen LogP contribution in [-0.4, -0.2) is 37.9 Å². The van der Waals surface area contributed by atoms with Gasteiger partial charge in [0.15, 0.2) is 0 Å². The lowest BCUT2D eigenvalue weighted by Gasteiger charge is -2.19. The molecule has 0 aromatic heterocycles. The summed E-state index contributed by atoms with van der Waals surface area (Å²) < 4.78 is 11.0. The molecule has 30 heavy (non-hydrogen) atoms. The molecule has 1 atom stereocenters. The van der Waals surface area contributed by atoms with Gasteiger partial charge in [-0.05, 0) is 69.5 Å². The molecule has 0 aliphatic heterocycles. The van der Waals surface area contributed by atoms with Gasteiger partial charge in [-0.1, -0.05) is 43.3 Å². The van der Waals surface area contributed by atoms with Gasteiger partial charge in [-0.2, -0.15) is 0 Å². The van der Waals surface area contributed by atoms with Gasteiger partial charge in [0.25, 0.3) is 0 Å². The van der Waals surface area contributed by atoms with E-state index in [1.807, 2.05) is 32.9 Å². The molecule has 2 aromatic rings. The summed E-state index contributed by atoms with van der Waals surface area (Å²) in [5.41, 5.74) is 3.50. The van der Waals surface area contributed by atoms with Crippen molar-refractivity contribution in [3.05, 3.63) is 65.2 Å². The highest BCUT2D eigenvalue weighted by atomic mass is 16.6. The Morgan fingerprint density at radius 1 is 1.00 bits per heavy atom. The van der Waals surface area contributed by atoms with Crippen molar-refractivity contribution in [3.63, 3.8) is 0 Å². The molecule has 1 amide bonds. The highest BCUT2D eigenvalue weighted by molar-refractivity contribution is 5.67. The van der Waals surface area contributed by atoms with E-state index >= 15 is 0 Å². The fourth-order valence-electron chi connectivity index (χ4n) is 3.18. The Kier molecular flexibility index (Phi) is 9.18. The zero-order valence-corrected chi connectivity index (χ0v) is 19.0. The number of amides is 1. The van der Waals surface area contributed by atoms with Crippen LogP contribution in [0.15, 0.2) is 48.5 Å². The van der Waals surface area contributed by atoms with E-state index in [9.17, 15) is 4.79 Å². The van der Waals surface area contributed by atoms with Gasteiger partial charge in [0.1, 0.15) is 11.4 Å². The molecule has 2 N–H and O–H groups in total. The first-order valence-corrected chi connectivity index (χ1v) is 10.7. The average molecular weight is 413 g/mol. The maximum atomic E-state index is 11.5. The van der Waals surface area contributed by atoms with Gasteiger partial charge in [0.05, 0.1) is 6.61 Å². The van der Waals surface area contributed by atoms with Crippen LogP contribution >= 0.6 is 0 Å². The molecule has 0 radical (unpaired) electrons. The summed E-state index contributed by atoms with van der Waals surface area (Å²) in [5.74, 6) is 1.25. The minimum atomic E-state index is -0.467. The molecule has 2 rings (SSSR count). The van der Waals surface area contributed by atoms with E-state index < -0.39 is 5.60 Å². The molecule has 5 heteroatoms. The van der Waals surface area contributed by atoms with Gasteiger partial charge in [-0.15, -0.1) is 0 Å². The van der Waals surface area contributed by atoms with Gasteiger partial charge in [-0.25, -0.2) is 4.79 Å². The third kappa shape index (κ3) is 8.46. The number of hydrogen-bond acceptors (Lipinski definition) is 4. The van der Waals surface area contributed by atoms with Crippen LogP contribution in [0.1, 0.15) is 56.7 Å². The average Bonchev–Trinajstić information content (AvgIpc) is 2.69. The van der Waals surface area contributed by atoms with Crippen molar-refractivity contribution < 1.29 is 14.3 Å². The lowest BCUT2D eigenvalue weighted by molar-refractivity contribution is 0.0528. The van der Waals surface area contributed by atoms with Gasteiger partial charge in [0, 0.05) is 19.0 Å². The summed E-state index contributed by atoms with van der Waals surface area (Å²) in [4.78, 5) is 11.5. The van der Waals surface area contributed by atoms with Gasteiger partial charge in [-0.3, -0.25) is 0 Å². The number of carbonyl (C=O) groups is 1. The van der Waals surface area contributed by atoms with Gasteiger partial charge < -0.3 is 20.1 Å². The standard InChI is InChI=1S/C25H36N2O3/c1-19-9-6-7-10-23(19)20(2)21-11-13-22(14-12-21)29-18-8-15-26-16-17-27-24(28)30-25(3,4)5/h6-7,9-14,20,26H,8,15-18H2,1-5H3,(H,27,28). The second-order valence-electron chi connectivity index (χ2n) is 8.53. The Balaban J connectivity index is 1.61. The fourth-order valence-corrected chi connectivity index (χ4v) is 3.18. The molecule has 5 nitrogen and oxygen atoms in total. The van der Waals surface area contributed by atoms with Crippen LogP contribution in [0.2, 0.25) is 0 Å². The van der Waals surface area contributed by atoms with Crippen LogP contribution in [0, 0.1) is 6.92 Å². The number of benzene rings is 2. The fraction of sp³-hybridized carbons (Fsp3) is 0.480. The predicted octanol–water partition coefficient (Wildman–Crippen LogP) is 5.03. The second kappa shape index (κ2) is 11.6. The number of hydrogen-bond donors (Lipinski definition) is 2. The Hall–Kier alpha value is -2.53. The summed E-state index contributed by atoms with van der Waals surface area (Å²) in [7, 11) is 0. The molecule has 0 saturated carbocycles. The van der Waals surface area contributed by atoms with E-state index in [1.165, 1.54) is 16.7 Å². The van der Waals surface area contributed by atoms with E-state index in [4.69, 9.17) is 9.47 Å². The molecule has 0 spiro atoms. The molecule has 1 unspecified atom stereocenters. The van der Waals surface area contributed by atoms with E-state index in [1.54, 1.807) is 0 Å². The molecule has 0 heterocycles. The van der Waals surface area contributed by atoms with Crippen molar-refractivity contribution >= 4 is 6.09 Å². The zero-order chi connectivity index (χ0) is 22.0. The van der Waals surface area contributed by atoms with Gasteiger partial charge in [0.2, 0.25) is 0 Å². The number of ether oxygens (including phenoxy) is 2. The van der Waals surface area contributed by atoms with Crippen molar-refractivity contribution in [3.8, 4) is 5.75 Å². The Bertz CT molecular complexity index is 782. The van der Waals surface area contributed by atoms with Crippen LogP contribution < -0.4 is 15.4 Å². The molecule has 0 fully saturated rings. The molecular formula is C25H36N2O3. The van der Waals surface area contributed by atoms with Gasteiger partial charge >= 0.3 is 6.09 Å². The topological polar surface area (TPSA) is 59.6 Å². The summed E-state index contributed by atoms with van der Waals surface area (Å²) in [5, 5.41) is 6.02. The summed E-state index contributed by atoms with van der Waals surface area (Å²) in [6.07, 6.45) is 0.515. The molecule has 2 aromatic carbocycles. The SMILES string of the molecule is Cc1ccccc1C(C)c1ccc(OCCCNCCNC(=O)OC(C)(C)C)cc1. The second-order valence-corrected chi connectivity index (χ2v) is 8.53. The zero-order valence-electron chi connectivity index (χ0n) is 19.0. The molecule has 0 aliphatic carbocycles. The third-order valence-corrected chi connectivity index (χ3v) is 4.77. The maximum absolute atomic E-state index is 11.5. The molecule has 0 aliphatic rings. The Morgan fingerprint density at radius 3 is 2.37 bits per heavy atom. The Morgan fingerprint density at radius 2 is 1.70 bits per heavy atom. The first kappa shape index (κ1) is 23.7. The number of alkyl carbamates (subject to hydrolysis) is 1. The van der Waals surface area contributed by atoms with Crippen molar-refractivity contribution in [1.82, 2.24) is 10.6 Å². The summed E-state index contributed by atoms with van der Waals surface area (Å²) in [6, 6.07) is 16.9. The smallest absolute Gasteiger partial charge is 0.407 e. The molecule has 164 valence electrons. The number of nitrogens with one attached hydrogen (secondary N) is 2. The van der Waals surface area contributed by atoms with Crippen molar-refractivity contribution in [1.29, 1.82) is 0 Å². The van der Waals surface area contributed by atoms with Crippen molar-refractivity contribution in [2.24, 2.45) is 0 Å². The minimum absolute atomic E-state index is 0.360. The van der Waals surface area contributed by atoms with Crippen LogP contribution in [0.3, 0.4) is 0 Å². The molecule has 0 saturated heterocycles. The van der Waals surface area contributed by atoms with Crippen LogP contribution in [0.5, 0.6) is 5.75 Å². The lowest BCUT2D eigenvalue weighted by Crippen LogP contribution is -2.36. The number of aryl methyl sites for hydroxylation is 1. The minimum Gasteiger partial charge on any atom is -0.494 e. The van der Waals surface area contributed by atoms with E-state index in [-0.39, 0.29) is 6.09 Å². The normalized spacial score (nSPS) is 12.3. The molecule has 0 bridgehead atoms.